The molecule has 1 N–H and O–H groups in total. The highest BCUT2D eigenvalue weighted by atomic mass is 35.5. The molecule has 1 amide bonds. The molecule has 164 valence electrons. The number of aromatic nitrogens is 2. The zero-order valence-electron chi connectivity index (χ0n) is 18.2. The van der Waals surface area contributed by atoms with Crippen molar-refractivity contribution in [1.82, 2.24) is 20.0 Å². The zero-order valence-corrected chi connectivity index (χ0v) is 18.9. The van der Waals surface area contributed by atoms with E-state index in [1.165, 1.54) is 5.56 Å². The fourth-order valence-electron chi connectivity index (χ4n) is 3.77. The van der Waals surface area contributed by atoms with Gasteiger partial charge < -0.3 is 10.2 Å². The first-order valence-electron chi connectivity index (χ1n) is 10.8. The summed E-state index contributed by atoms with van der Waals surface area (Å²) in [6.07, 6.45) is 2.72. The number of carbonyl (C=O) groups excluding carboxylic acids is 1. The fourth-order valence-corrected chi connectivity index (χ4v) is 3.99. The zero-order chi connectivity index (χ0) is 22.3. The van der Waals surface area contributed by atoms with E-state index in [1.807, 2.05) is 59.4 Å². The van der Waals surface area contributed by atoms with Crippen LogP contribution < -0.4 is 5.32 Å². The monoisotopic (exact) mass is 446 g/mol. The second kappa shape index (κ2) is 10.4. The maximum atomic E-state index is 12.7. The van der Waals surface area contributed by atoms with Gasteiger partial charge in [0, 0.05) is 29.1 Å². The number of hydrogen-bond donors (Lipinski definition) is 1. The van der Waals surface area contributed by atoms with E-state index in [0.29, 0.717) is 23.7 Å². The van der Waals surface area contributed by atoms with Crippen LogP contribution in [-0.2, 0) is 13.1 Å². The molecule has 0 saturated carbocycles. The molecule has 0 spiro atoms. The lowest BCUT2D eigenvalue weighted by molar-refractivity contribution is 0.0952. The number of hydrogen-bond acceptors (Lipinski definition) is 3. The minimum atomic E-state index is -0.0619. The van der Waals surface area contributed by atoms with E-state index in [9.17, 15) is 4.79 Å². The van der Waals surface area contributed by atoms with Gasteiger partial charge in [-0.05, 0) is 55.4 Å². The van der Waals surface area contributed by atoms with Crippen LogP contribution in [0.3, 0.4) is 0 Å². The first kappa shape index (κ1) is 22.1. The first-order valence-corrected chi connectivity index (χ1v) is 11.2. The summed E-state index contributed by atoms with van der Waals surface area (Å²) in [5, 5.41) is 9.23. The third kappa shape index (κ3) is 5.75. The highest BCUT2D eigenvalue weighted by Crippen LogP contribution is 2.18. The van der Waals surface area contributed by atoms with Crippen LogP contribution in [0.2, 0.25) is 5.02 Å². The Morgan fingerprint density at radius 3 is 2.66 bits per heavy atom. The maximum absolute atomic E-state index is 12.7. The first-order chi connectivity index (χ1) is 15.6. The van der Waals surface area contributed by atoms with Crippen molar-refractivity contribution in [2.45, 2.75) is 19.5 Å². The molecule has 0 fully saturated rings. The van der Waals surface area contributed by atoms with Crippen LogP contribution >= 0.6 is 11.6 Å². The molecule has 32 heavy (non-hydrogen) atoms. The van der Waals surface area contributed by atoms with Gasteiger partial charge in [-0.25, -0.2) is 0 Å². The summed E-state index contributed by atoms with van der Waals surface area (Å²) in [5.74, 6) is -0.0619. The summed E-state index contributed by atoms with van der Waals surface area (Å²) in [6, 6.07) is 23.8. The molecule has 0 atom stereocenters. The lowest BCUT2D eigenvalue weighted by Gasteiger charge is -2.16. The van der Waals surface area contributed by atoms with Gasteiger partial charge in [0.15, 0.2) is 0 Å². The van der Waals surface area contributed by atoms with Crippen LogP contribution in [0.4, 0.5) is 0 Å². The Morgan fingerprint density at radius 2 is 1.84 bits per heavy atom. The molecular formula is C26H27ClN4O. The van der Waals surface area contributed by atoms with Crippen LogP contribution in [0.1, 0.15) is 27.9 Å². The predicted molar refractivity (Wildman–Crippen MR) is 130 cm³/mol. The van der Waals surface area contributed by atoms with E-state index in [-0.39, 0.29) is 5.91 Å². The highest BCUT2D eigenvalue weighted by molar-refractivity contribution is 6.30. The summed E-state index contributed by atoms with van der Waals surface area (Å²) in [5.41, 5.74) is 3.93. The number of benzene rings is 3. The molecule has 1 heterocycles. The van der Waals surface area contributed by atoms with Gasteiger partial charge in [-0.3, -0.25) is 9.48 Å². The number of amides is 1. The summed E-state index contributed by atoms with van der Waals surface area (Å²) in [4.78, 5) is 15.0. The molecule has 6 heteroatoms. The van der Waals surface area contributed by atoms with Gasteiger partial charge in [0.25, 0.3) is 5.91 Å². The van der Waals surface area contributed by atoms with Crippen molar-refractivity contribution < 1.29 is 4.79 Å². The van der Waals surface area contributed by atoms with Crippen LogP contribution in [0.15, 0.2) is 79.0 Å². The third-order valence-corrected chi connectivity index (χ3v) is 5.66. The lowest BCUT2D eigenvalue weighted by atomic mass is 10.1. The second-order valence-electron chi connectivity index (χ2n) is 8.04. The lowest BCUT2D eigenvalue weighted by Crippen LogP contribution is -2.28. The van der Waals surface area contributed by atoms with E-state index >= 15 is 0 Å². The van der Waals surface area contributed by atoms with Crippen LogP contribution in [0.25, 0.3) is 10.9 Å². The molecule has 0 saturated heterocycles. The Labute approximate surface area is 193 Å². The number of carbonyl (C=O) groups is 1. The molecule has 0 unspecified atom stereocenters. The Morgan fingerprint density at radius 1 is 1.03 bits per heavy atom. The normalized spacial score (nSPS) is 11.2. The molecule has 5 nitrogen and oxygen atoms in total. The van der Waals surface area contributed by atoms with E-state index in [4.69, 9.17) is 11.6 Å². The standard InChI is InChI=1S/C26H27ClN4O/c1-30(18-20-7-3-2-4-8-20)14-6-13-28-26(32)22-11-12-23-17-29-31(25(23)16-22)19-21-9-5-10-24(27)15-21/h2-5,7-12,15-17H,6,13-14,18-19H2,1H3,(H,28,32). The van der Waals surface area contributed by atoms with E-state index < -0.39 is 0 Å². The molecular weight excluding hydrogens is 420 g/mol. The van der Waals surface area contributed by atoms with Gasteiger partial charge in [0.05, 0.1) is 18.3 Å². The second-order valence-corrected chi connectivity index (χ2v) is 8.48. The average Bonchev–Trinajstić information content (AvgIpc) is 3.19. The Hall–Kier alpha value is -3.15. The molecule has 0 bridgehead atoms. The van der Waals surface area contributed by atoms with Crippen LogP contribution in [0, 0.1) is 0 Å². The SMILES string of the molecule is CN(CCCNC(=O)c1ccc2cnn(Cc3cccc(Cl)c3)c2c1)Cc1ccccc1. The number of nitrogens with zero attached hydrogens (tertiary/aromatic N) is 3. The number of nitrogens with one attached hydrogen (secondary N) is 1. The smallest absolute Gasteiger partial charge is 0.251 e. The van der Waals surface area contributed by atoms with Crippen LogP contribution in [0.5, 0.6) is 0 Å². The van der Waals surface area contributed by atoms with Gasteiger partial charge in [-0.2, -0.15) is 5.10 Å². The quantitative estimate of drug-likeness (QED) is 0.368. The van der Waals surface area contributed by atoms with E-state index in [0.717, 1.165) is 36.0 Å². The van der Waals surface area contributed by atoms with Crippen molar-refractivity contribution in [3.8, 4) is 0 Å². The highest BCUT2D eigenvalue weighted by Gasteiger charge is 2.10. The summed E-state index contributed by atoms with van der Waals surface area (Å²) < 4.78 is 1.90. The van der Waals surface area contributed by atoms with Gasteiger partial charge in [0.1, 0.15) is 0 Å². The van der Waals surface area contributed by atoms with Gasteiger partial charge in [0.2, 0.25) is 0 Å². The van der Waals surface area contributed by atoms with Gasteiger partial charge >= 0.3 is 0 Å². The summed E-state index contributed by atoms with van der Waals surface area (Å²) >= 11 is 6.10. The maximum Gasteiger partial charge on any atom is 0.251 e. The summed E-state index contributed by atoms with van der Waals surface area (Å²) in [6.45, 7) is 3.06. The van der Waals surface area contributed by atoms with Crippen molar-refractivity contribution in [3.05, 3.63) is 101 Å². The van der Waals surface area contributed by atoms with Crippen molar-refractivity contribution in [1.29, 1.82) is 0 Å². The molecule has 0 aliphatic heterocycles. The fraction of sp³-hybridized carbons (Fsp3) is 0.231. The van der Waals surface area contributed by atoms with Crippen LogP contribution in [-0.4, -0.2) is 40.7 Å². The molecule has 4 rings (SSSR count). The molecule has 0 radical (unpaired) electrons. The Kier molecular flexibility index (Phi) is 7.20. The number of halogens is 1. The summed E-state index contributed by atoms with van der Waals surface area (Å²) in [7, 11) is 2.10. The third-order valence-electron chi connectivity index (χ3n) is 5.43. The Bertz CT molecular complexity index is 1190. The van der Waals surface area contributed by atoms with E-state index in [2.05, 4.69) is 46.6 Å². The number of rotatable bonds is 9. The minimum absolute atomic E-state index is 0.0619. The van der Waals surface area contributed by atoms with Crippen molar-refractivity contribution in [3.63, 3.8) is 0 Å². The molecule has 0 aliphatic carbocycles. The minimum Gasteiger partial charge on any atom is -0.352 e. The van der Waals surface area contributed by atoms with Crippen molar-refractivity contribution in [2.75, 3.05) is 20.1 Å². The largest absolute Gasteiger partial charge is 0.352 e. The topological polar surface area (TPSA) is 50.2 Å². The van der Waals surface area contributed by atoms with Crippen molar-refractivity contribution >= 4 is 28.4 Å². The predicted octanol–water partition coefficient (Wildman–Crippen LogP) is 4.99. The van der Waals surface area contributed by atoms with E-state index in [1.54, 1.807) is 0 Å². The average molecular weight is 447 g/mol. The van der Waals surface area contributed by atoms with Crippen molar-refractivity contribution in [2.24, 2.45) is 0 Å². The number of fused-ring (bicyclic) bond motifs is 1. The van der Waals surface area contributed by atoms with Gasteiger partial charge in [-0.1, -0.05) is 60.1 Å². The molecule has 0 aliphatic rings. The Balaban J connectivity index is 1.32. The molecule has 1 aromatic heterocycles. The molecule has 4 aromatic rings. The molecule has 3 aromatic carbocycles. The van der Waals surface area contributed by atoms with Gasteiger partial charge in [-0.15, -0.1) is 0 Å².